The van der Waals surface area contributed by atoms with Gasteiger partial charge in [-0.3, -0.25) is 14.4 Å². The molecule has 8 heteroatoms. The summed E-state index contributed by atoms with van der Waals surface area (Å²) in [6.45, 7) is 5.91. The van der Waals surface area contributed by atoms with E-state index in [9.17, 15) is 4.79 Å². The molecule has 6 nitrogen and oxygen atoms in total. The molecule has 1 aliphatic heterocycles. The number of ether oxygens (including phenoxy) is 1. The van der Waals surface area contributed by atoms with Crippen molar-refractivity contribution in [2.24, 2.45) is 0 Å². The third kappa shape index (κ3) is 3.59. The molecular weight excluding hydrogens is 384 g/mol. The molecule has 0 saturated carbocycles. The highest BCUT2D eigenvalue weighted by Crippen LogP contribution is 2.36. The first kappa shape index (κ1) is 18.4. The number of amides is 1. The summed E-state index contributed by atoms with van der Waals surface area (Å²) < 4.78 is 8.42. The van der Waals surface area contributed by atoms with Crippen LogP contribution < -0.4 is 4.90 Å². The predicted molar refractivity (Wildman–Crippen MR) is 108 cm³/mol. The molecule has 0 spiro atoms. The van der Waals surface area contributed by atoms with Crippen molar-refractivity contribution in [1.82, 2.24) is 14.8 Å². The van der Waals surface area contributed by atoms with Crippen molar-refractivity contribution in [3.63, 3.8) is 0 Å². The summed E-state index contributed by atoms with van der Waals surface area (Å²) in [5, 5.41) is 5.66. The molecule has 0 bridgehead atoms. The number of carbonyl (C=O) groups is 1. The average molecular weight is 405 g/mol. The van der Waals surface area contributed by atoms with Crippen LogP contribution in [-0.2, 0) is 11.3 Å². The van der Waals surface area contributed by atoms with Crippen LogP contribution in [0, 0.1) is 6.92 Å². The van der Waals surface area contributed by atoms with Crippen LogP contribution in [0.4, 0.5) is 5.13 Å². The number of carbonyl (C=O) groups excluding carboxylic acids is 1. The van der Waals surface area contributed by atoms with E-state index in [0.29, 0.717) is 22.4 Å². The smallest absolute Gasteiger partial charge is 0.280 e. The van der Waals surface area contributed by atoms with Crippen LogP contribution in [0.15, 0.2) is 24.4 Å². The first-order valence-electron chi connectivity index (χ1n) is 9.09. The molecule has 1 fully saturated rings. The Morgan fingerprint density at radius 2 is 2.30 bits per heavy atom. The van der Waals surface area contributed by atoms with Gasteiger partial charge in [-0.2, -0.15) is 5.10 Å². The molecule has 2 aromatic heterocycles. The topological polar surface area (TPSA) is 60.2 Å². The largest absolute Gasteiger partial charge is 0.376 e. The standard InChI is InChI=1S/C19H21ClN4O2S/c1-3-23-9-8-15(22-23)18(25)24(11-13-5-4-10-26-13)19-21-16-12(2)6-7-14(20)17(16)27-19/h6-9,13H,3-5,10-11H2,1-2H3. The van der Waals surface area contributed by atoms with E-state index in [4.69, 9.17) is 21.3 Å². The number of hydrogen-bond donors (Lipinski definition) is 0. The van der Waals surface area contributed by atoms with E-state index >= 15 is 0 Å². The second kappa shape index (κ2) is 7.58. The number of benzene rings is 1. The Morgan fingerprint density at radius 1 is 1.44 bits per heavy atom. The van der Waals surface area contributed by atoms with Crippen molar-refractivity contribution in [3.8, 4) is 0 Å². The molecule has 1 aliphatic rings. The Labute approximate surface area is 166 Å². The van der Waals surface area contributed by atoms with Gasteiger partial charge in [-0.1, -0.05) is 29.0 Å². The van der Waals surface area contributed by atoms with Gasteiger partial charge in [-0.15, -0.1) is 0 Å². The van der Waals surface area contributed by atoms with Gasteiger partial charge in [0.1, 0.15) is 0 Å². The summed E-state index contributed by atoms with van der Waals surface area (Å²) >= 11 is 7.80. The second-order valence-corrected chi connectivity index (χ2v) is 8.03. The highest BCUT2D eigenvalue weighted by molar-refractivity contribution is 7.23. The van der Waals surface area contributed by atoms with Gasteiger partial charge in [-0.05, 0) is 44.4 Å². The fraction of sp³-hybridized carbons (Fsp3) is 0.421. The van der Waals surface area contributed by atoms with Crippen molar-refractivity contribution in [3.05, 3.63) is 40.7 Å². The summed E-state index contributed by atoms with van der Waals surface area (Å²) in [4.78, 5) is 19.7. The van der Waals surface area contributed by atoms with E-state index in [2.05, 4.69) is 5.10 Å². The summed E-state index contributed by atoms with van der Waals surface area (Å²) in [6.07, 6.45) is 3.79. The van der Waals surface area contributed by atoms with Gasteiger partial charge in [0.25, 0.3) is 5.91 Å². The van der Waals surface area contributed by atoms with Gasteiger partial charge < -0.3 is 4.74 Å². The summed E-state index contributed by atoms with van der Waals surface area (Å²) in [5.41, 5.74) is 2.29. The Kier molecular flexibility index (Phi) is 5.16. The lowest BCUT2D eigenvalue weighted by Gasteiger charge is -2.22. The van der Waals surface area contributed by atoms with E-state index in [1.54, 1.807) is 15.6 Å². The SMILES string of the molecule is CCn1ccc(C(=O)N(CC2CCCO2)c2nc3c(C)ccc(Cl)c3s2)n1. The second-order valence-electron chi connectivity index (χ2n) is 6.65. The summed E-state index contributed by atoms with van der Waals surface area (Å²) in [7, 11) is 0. The molecule has 4 rings (SSSR count). The Balaban J connectivity index is 1.74. The van der Waals surface area contributed by atoms with E-state index in [-0.39, 0.29) is 12.0 Å². The number of fused-ring (bicyclic) bond motifs is 1. The highest BCUT2D eigenvalue weighted by atomic mass is 35.5. The van der Waals surface area contributed by atoms with Crippen LogP contribution in [-0.4, -0.2) is 39.9 Å². The van der Waals surface area contributed by atoms with Gasteiger partial charge in [0.05, 0.1) is 27.9 Å². The molecule has 27 heavy (non-hydrogen) atoms. The van der Waals surface area contributed by atoms with Crippen LogP contribution in [0.2, 0.25) is 5.02 Å². The van der Waals surface area contributed by atoms with Crippen LogP contribution in [0.3, 0.4) is 0 Å². The quantitative estimate of drug-likeness (QED) is 0.636. The lowest BCUT2D eigenvalue weighted by molar-refractivity contribution is 0.0912. The molecule has 142 valence electrons. The zero-order valence-corrected chi connectivity index (χ0v) is 16.9. The average Bonchev–Trinajstić information content (AvgIpc) is 3.42. The predicted octanol–water partition coefficient (Wildman–Crippen LogP) is 4.30. The molecule has 1 amide bonds. The monoisotopic (exact) mass is 404 g/mol. The normalized spacial score (nSPS) is 16.9. The van der Waals surface area contributed by atoms with Gasteiger partial charge in [-0.25, -0.2) is 4.98 Å². The summed E-state index contributed by atoms with van der Waals surface area (Å²) in [5.74, 6) is -0.162. The molecule has 0 aliphatic carbocycles. The molecule has 1 saturated heterocycles. The maximum atomic E-state index is 13.2. The molecule has 1 atom stereocenters. The van der Waals surface area contributed by atoms with Crippen molar-refractivity contribution in [1.29, 1.82) is 0 Å². The zero-order chi connectivity index (χ0) is 19.0. The molecular formula is C19H21ClN4O2S. The van der Waals surface area contributed by atoms with Gasteiger partial charge in [0.15, 0.2) is 10.8 Å². The molecule has 0 radical (unpaired) electrons. The fourth-order valence-corrected chi connectivity index (χ4v) is 4.56. The molecule has 0 N–H and O–H groups in total. The Bertz CT molecular complexity index is 938. The Morgan fingerprint density at radius 3 is 2.96 bits per heavy atom. The van der Waals surface area contributed by atoms with Crippen molar-refractivity contribution in [2.75, 3.05) is 18.1 Å². The number of halogens is 1. The lowest BCUT2D eigenvalue weighted by Crippen LogP contribution is -2.37. The summed E-state index contributed by atoms with van der Waals surface area (Å²) in [6, 6.07) is 5.57. The molecule has 1 unspecified atom stereocenters. The molecule has 1 aromatic carbocycles. The van der Waals surface area contributed by atoms with Crippen LogP contribution in [0.1, 0.15) is 35.8 Å². The Hall–Kier alpha value is -1.96. The first-order valence-corrected chi connectivity index (χ1v) is 10.3. The van der Waals surface area contributed by atoms with Gasteiger partial charge >= 0.3 is 0 Å². The number of hydrogen-bond acceptors (Lipinski definition) is 5. The molecule has 3 aromatic rings. The van der Waals surface area contributed by atoms with Crippen molar-refractivity contribution < 1.29 is 9.53 Å². The van der Waals surface area contributed by atoms with E-state index in [0.717, 1.165) is 41.8 Å². The van der Waals surface area contributed by atoms with E-state index in [1.807, 2.05) is 32.2 Å². The molecule has 3 heterocycles. The van der Waals surface area contributed by atoms with Crippen LogP contribution in [0.5, 0.6) is 0 Å². The minimum atomic E-state index is -0.162. The maximum absolute atomic E-state index is 13.2. The number of rotatable bonds is 5. The van der Waals surface area contributed by atoms with Crippen molar-refractivity contribution >= 4 is 44.2 Å². The minimum Gasteiger partial charge on any atom is -0.376 e. The van der Waals surface area contributed by atoms with Gasteiger partial charge in [0.2, 0.25) is 0 Å². The van der Waals surface area contributed by atoms with Crippen LogP contribution >= 0.6 is 22.9 Å². The van der Waals surface area contributed by atoms with Crippen LogP contribution in [0.25, 0.3) is 10.2 Å². The lowest BCUT2D eigenvalue weighted by atomic mass is 10.2. The third-order valence-electron chi connectivity index (χ3n) is 4.76. The minimum absolute atomic E-state index is 0.0193. The number of aryl methyl sites for hydroxylation is 2. The highest BCUT2D eigenvalue weighted by Gasteiger charge is 2.28. The fourth-order valence-electron chi connectivity index (χ4n) is 3.24. The maximum Gasteiger partial charge on any atom is 0.280 e. The van der Waals surface area contributed by atoms with E-state index in [1.165, 1.54) is 11.3 Å². The number of aromatic nitrogens is 3. The van der Waals surface area contributed by atoms with E-state index < -0.39 is 0 Å². The third-order valence-corrected chi connectivity index (χ3v) is 6.29. The number of nitrogens with zero attached hydrogens (tertiary/aromatic N) is 4. The van der Waals surface area contributed by atoms with Crippen molar-refractivity contribution in [2.45, 2.75) is 39.3 Å². The van der Waals surface area contributed by atoms with Gasteiger partial charge in [0, 0.05) is 19.3 Å². The first-order chi connectivity index (χ1) is 13.1. The zero-order valence-electron chi connectivity index (χ0n) is 15.3. The number of anilines is 1. The number of thiazole rings is 1.